The Morgan fingerprint density at radius 3 is 2.33 bits per heavy atom. The fraction of sp³-hybridized carbons (Fsp3) is 0.0556. The van der Waals surface area contributed by atoms with Crippen molar-refractivity contribution < 1.29 is 22.9 Å². The molecule has 9 heteroatoms. The van der Waals surface area contributed by atoms with E-state index in [0.717, 1.165) is 27.1 Å². The number of carboxylic acids is 1. The van der Waals surface area contributed by atoms with Gasteiger partial charge in [-0.15, -0.1) is 0 Å². The van der Waals surface area contributed by atoms with Gasteiger partial charge in [0.05, 0.1) is 27.9 Å². The van der Waals surface area contributed by atoms with Gasteiger partial charge in [-0.2, -0.15) is 8.42 Å². The first-order valence-corrected chi connectivity index (χ1v) is 9.79. The highest BCUT2D eigenvalue weighted by Gasteiger charge is 2.12. The summed E-state index contributed by atoms with van der Waals surface area (Å²) in [5, 5.41) is 13.4. The van der Waals surface area contributed by atoms with Crippen molar-refractivity contribution in [2.75, 3.05) is 6.26 Å². The van der Waals surface area contributed by atoms with Gasteiger partial charge in [0, 0.05) is 28.6 Å². The van der Waals surface area contributed by atoms with Crippen LogP contribution in [0.3, 0.4) is 0 Å². The average molecular weight is 405 g/mol. The summed E-state index contributed by atoms with van der Waals surface area (Å²) >= 11 is 5.98. The normalized spacial score (nSPS) is 11.4. The second kappa shape index (κ2) is 7.07. The molecule has 0 radical (unpaired) electrons. The maximum absolute atomic E-state index is 11.3. The number of fused-ring (bicyclic) bond motifs is 5. The molecule has 2 aromatic carbocycles. The predicted molar refractivity (Wildman–Crippen MR) is 104 cm³/mol. The molecule has 2 aromatic heterocycles. The summed E-state index contributed by atoms with van der Waals surface area (Å²) in [4.78, 5) is 20.1. The van der Waals surface area contributed by atoms with Gasteiger partial charge in [0.1, 0.15) is 0 Å². The number of pyridine rings is 2. The fourth-order valence-electron chi connectivity index (χ4n) is 2.76. The van der Waals surface area contributed by atoms with Gasteiger partial charge in [0.2, 0.25) is 0 Å². The Kier molecular flexibility index (Phi) is 4.97. The molecule has 2 N–H and O–H groups in total. The summed E-state index contributed by atoms with van der Waals surface area (Å²) in [5.41, 5.74) is 1.48. The van der Waals surface area contributed by atoms with Crippen molar-refractivity contribution in [3.05, 3.63) is 59.4 Å². The van der Waals surface area contributed by atoms with Crippen LogP contribution in [-0.2, 0) is 10.1 Å². The number of para-hydroxylation sites is 1. The Balaban J connectivity index is 0.000000376. The molecule has 2 heterocycles. The quantitative estimate of drug-likeness (QED) is 0.366. The molecular weight excluding hydrogens is 392 g/mol. The standard InChI is InChI=1S/C17H9ClN2O2.CH4O3S/c18-10-6-9-4-5-11-12-2-1-3-13(17(21)22)16(12)20-8-14(11)15(9)19-7-10;1-5(2,3)4/h1-8H,(H,21,22);1H3,(H,2,3,4). The lowest BCUT2D eigenvalue weighted by Gasteiger charge is -2.08. The summed E-state index contributed by atoms with van der Waals surface area (Å²) in [5.74, 6) is -0.983. The number of benzene rings is 2. The van der Waals surface area contributed by atoms with E-state index in [0.29, 0.717) is 16.8 Å². The highest BCUT2D eigenvalue weighted by Crippen LogP contribution is 2.30. The van der Waals surface area contributed by atoms with E-state index < -0.39 is 16.1 Å². The summed E-state index contributed by atoms with van der Waals surface area (Å²) in [6, 6.07) is 10.9. The zero-order valence-corrected chi connectivity index (χ0v) is 15.5. The summed E-state index contributed by atoms with van der Waals surface area (Å²) in [6.07, 6.45) is 3.99. The Morgan fingerprint density at radius 2 is 1.67 bits per heavy atom. The number of hydrogen-bond acceptors (Lipinski definition) is 5. The second-order valence-electron chi connectivity index (χ2n) is 5.75. The molecule has 0 saturated carbocycles. The van der Waals surface area contributed by atoms with Crippen LogP contribution in [0.2, 0.25) is 5.02 Å². The van der Waals surface area contributed by atoms with Crippen molar-refractivity contribution in [1.29, 1.82) is 0 Å². The van der Waals surface area contributed by atoms with Gasteiger partial charge in [-0.3, -0.25) is 14.5 Å². The lowest BCUT2D eigenvalue weighted by atomic mass is 10.0. The minimum absolute atomic E-state index is 0.198. The van der Waals surface area contributed by atoms with Crippen LogP contribution >= 0.6 is 11.6 Å². The van der Waals surface area contributed by atoms with Crippen molar-refractivity contribution in [3.63, 3.8) is 0 Å². The predicted octanol–water partition coefficient (Wildman–Crippen LogP) is 3.79. The molecule has 0 aliphatic rings. The Labute approximate surface area is 159 Å². The largest absolute Gasteiger partial charge is 0.478 e. The summed E-state index contributed by atoms with van der Waals surface area (Å²) in [7, 11) is -3.67. The van der Waals surface area contributed by atoms with Crippen LogP contribution < -0.4 is 0 Å². The molecule has 0 aliphatic carbocycles. The van der Waals surface area contributed by atoms with Gasteiger partial charge in [-0.05, 0) is 17.5 Å². The topological polar surface area (TPSA) is 117 Å². The van der Waals surface area contributed by atoms with Gasteiger partial charge < -0.3 is 5.11 Å². The summed E-state index contributed by atoms with van der Waals surface area (Å²) in [6.45, 7) is 0. The van der Waals surface area contributed by atoms with Crippen LogP contribution in [0.1, 0.15) is 10.4 Å². The molecule has 4 aromatic rings. The molecular formula is C18H13ClN2O5S. The number of halogens is 1. The average Bonchev–Trinajstić information content (AvgIpc) is 2.58. The minimum atomic E-state index is -3.67. The van der Waals surface area contributed by atoms with Gasteiger partial charge in [-0.25, -0.2) is 4.79 Å². The van der Waals surface area contributed by atoms with E-state index in [-0.39, 0.29) is 5.56 Å². The van der Waals surface area contributed by atoms with Gasteiger partial charge >= 0.3 is 5.97 Å². The minimum Gasteiger partial charge on any atom is -0.478 e. The van der Waals surface area contributed by atoms with Crippen LogP contribution in [0.25, 0.3) is 32.6 Å². The molecule has 4 rings (SSSR count). The van der Waals surface area contributed by atoms with E-state index in [2.05, 4.69) is 9.97 Å². The van der Waals surface area contributed by atoms with Gasteiger partial charge in [0.15, 0.2) is 0 Å². The molecule has 0 fully saturated rings. The Morgan fingerprint density at radius 1 is 1.00 bits per heavy atom. The lowest BCUT2D eigenvalue weighted by molar-refractivity contribution is 0.0699. The Hall–Kier alpha value is -2.81. The van der Waals surface area contributed by atoms with Crippen LogP contribution in [0, 0.1) is 0 Å². The third kappa shape index (κ3) is 4.13. The molecule has 0 atom stereocenters. The van der Waals surface area contributed by atoms with Crippen molar-refractivity contribution in [2.24, 2.45) is 0 Å². The maximum Gasteiger partial charge on any atom is 0.337 e. The number of carbonyl (C=O) groups is 1. The third-order valence-corrected chi connectivity index (χ3v) is 3.94. The molecule has 7 nitrogen and oxygen atoms in total. The van der Waals surface area contributed by atoms with E-state index in [1.807, 2.05) is 24.3 Å². The van der Waals surface area contributed by atoms with Gasteiger partial charge in [-0.1, -0.05) is 35.9 Å². The molecule has 27 heavy (non-hydrogen) atoms. The van der Waals surface area contributed by atoms with Crippen LogP contribution in [0.15, 0.2) is 48.8 Å². The first-order valence-electron chi connectivity index (χ1n) is 7.56. The van der Waals surface area contributed by atoms with Crippen molar-refractivity contribution >= 4 is 60.3 Å². The fourth-order valence-corrected chi connectivity index (χ4v) is 2.93. The first kappa shape index (κ1) is 19.0. The second-order valence-corrected chi connectivity index (χ2v) is 7.65. The molecule has 0 spiro atoms. The van der Waals surface area contributed by atoms with Crippen LogP contribution in [0.4, 0.5) is 0 Å². The zero-order valence-electron chi connectivity index (χ0n) is 13.9. The van der Waals surface area contributed by atoms with Gasteiger partial charge in [0.25, 0.3) is 10.1 Å². The SMILES string of the molecule is CS(=O)(=O)O.O=C(O)c1cccc2c1ncc1c2ccc2cc(Cl)cnc21. The molecule has 0 aliphatic heterocycles. The number of rotatable bonds is 1. The number of nitrogens with zero attached hydrogens (tertiary/aromatic N) is 2. The molecule has 138 valence electrons. The van der Waals surface area contributed by atoms with Crippen molar-refractivity contribution in [2.45, 2.75) is 0 Å². The lowest BCUT2D eigenvalue weighted by Crippen LogP contribution is -1.99. The highest BCUT2D eigenvalue weighted by atomic mass is 35.5. The smallest absolute Gasteiger partial charge is 0.337 e. The number of hydrogen-bond donors (Lipinski definition) is 2. The van der Waals surface area contributed by atoms with E-state index in [4.69, 9.17) is 16.2 Å². The molecule has 0 unspecified atom stereocenters. The maximum atomic E-state index is 11.3. The monoisotopic (exact) mass is 404 g/mol. The van der Waals surface area contributed by atoms with E-state index in [1.165, 1.54) is 0 Å². The first-order chi connectivity index (χ1) is 12.6. The highest BCUT2D eigenvalue weighted by molar-refractivity contribution is 7.85. The number of aromatic nitrogens is 2. The van der Waals surface area contributed by atoms with E-state index in [9.17, 15) is 18.3 Å². The van der Waals surface area contributed by atoms with Crippen molar-refractivity contribution in [1.82, 2.24) is 9.97 Å². The number of carboxylic acid groups (broad SMARTS) is 1. The van der Waals surface area contributed by atoms with Crippen LogP contribution in [-0.4, -0.2) is 40.3 Å². The van der Waals surface area contributed by atoms with Crippen molar-refractivity contribution in [3.8, 4) is 0 Å². The Bertz CT molecular complexity index is 1300. The molecule has 0 saturated heterocycles. The zero-order chi connectivity index (χ0) is 19.8. The molecule has 0 bridgehead atoms. The third-order valence-electron chi connectivity index (χ3n) is 3.74. The molecule has 0 amide bonds. The van der Waals surface area contributed by atoms with E-state index >= 15 is 0 Å². The van der Waals surface area contributed by atoms with Crippen LogP contribution in [0.5, 0.6) is 0 Å². The number of aromatic carboxylic acids is 1. The summed E-state index contributed by atoms with van der Waals surface area (Å²) < 4.78 is 25.9. The van der Waals surface area contributed by atoms with E-state index in [1.54, 1.807) is 24.5 Å².